The minimum atomic E-state index is -0.106. The Morgan fingerprint density at radius 1 is 1.36 bits per heavy atom. The van der Waals surface area contributed by atoms with Gasteiger partial charge in [0.15, 0.2) is 5.82 Å². The van der Waals surface area contributed by atoms with Gasteiger partial charge in [-0.25, -0.2) is 0 Å². The van der Waals surface area contributed by atoms with Gasteiger partial charge in [-0.1, -0.05) is 25.9 Å². The predicted octanol–water partition coefficient (Wildman–Crippen LogP) is 1.89. The normalized spacial score (nSPS) is 17.0. The predicted molar refractivity (Wildman–Crippen MR) is 84.3 cm³/mol. The Bertz CT molecular complexity index is 485. The molecule has 0 atom stereocenters. The highest BCUT2D eigenvalue weighted by molar-refractivity contribution is 5.76. The van der Waals surface area contributed by atoms with Crippen molar-refractivity contribution in [2.45, 2.75) is 58.3 Å². The van der Waals surface area contributed by atoms with Crippen molar-refractivity contribution in [2.75, 3.05) is 19.6 Å². The molecule has 1 fully saturated rings. The van der Waals surface area contributed by atoms with Crippen LogP contribution >= 0.6 is 0 Å². The van der Waals surface area contributed by atoms with E-state index in [1.54, 1.807) is 0 Å². The lowest BCUT2D eigenvalue weighted by Crippen LogP contribution is -2.39. The third-order valence-corrected chi connectivity index (χ3v) is 4.22. The molecular formula is C16H28N4O2. The van der Waals surface area contributed by atoms with Crippen LogP contribution in [0.2, 0.25) is 0 Å². The number of hydrogen-bond acceptors (Lipinski definition) is 5. The summed E-state index contributed by atoms with van der Waals surface area (Å²) in [7, 11) is 0. The monoisotopic (exact) mass is 308 g/mol. The molecule has 2 heterocycles. The third-order valence-electron chi connectivity index (χ3n) is 4.22. The summed E-state index contributed by atoms with van der Waals surface area (Å²) in [5, 5.41) is 4.00. The number of aryl methyl sites for hydroxylation is 1. The molecule has 2 rings (SSSR count). The zero-order valence-electron chi connectivity index (χ0n) is 14.0. The Labute approximate surface area is 132 Å². The fraction of sp³-hybridized carbons (Fsp3) is 0.812. The number of likely N-dealkylation sites (tertiary alicyclic amines) is 1. The maximum absolute atomic E-state index is 12.2. The van der Waals surface area contributed by atoms with Crippen LogP contribution in [0.15, 0.2) is 4.52 Å². The molecule has 6 nitrogen and oxygen atoms in total. The number of amides is 1. The lowest BCUT2D eigenvalue weighted by Gasteiger charge is -2.31. The summed E-state index contributed by atoms with van der Waals surface area (Å²) in [4.78, 5) is 18.5. The number of nitrogens with two attached hydrogens (primary N) is 1. The fourth-order valence-corrected chi connectivity index (χ4v) is 2.63. The molecule has 0 radical (unpaired) electrons. The van der Waals surface area contributed by atoms with Crippen molar-refractivity contribution in [1.29, 1.82) is 0 Å². The van der Waals surface area contributed by atoms with Crippen LogP contribution < -0.4 is 5.73 Å². The zero-order chi connectivity index (χ0) is 16.2. The Morgan fingerprint density at radius 2 is 2.05 bits per heavy atom. The second kappa shape index (κ2) is 7.22. The van der Waals surface area contributed by atoms with E-state index < -0.39 is 0 Å². The van der Waals surface area contributed by atoms with Gasteiger partial charge in [-0.15, -0.1) is 0 Å². The van der Waals surface area contributed by atoms with Gasteiger partial charge in [0.1, 0.15) is 0 Å². The lowest BCUT2D eigenvalue weighted by atomic mass is 9.96. The Kier molecular flexibility index (Phi) is 5.56. The van der Waals surface area contributed by atoms with E-state index >= 15 is 0 Å². The van der Waals surface area contributed by atoms with Gasteiger partial charge in [0.05, 0.1) is 0 Å². The van der Waals surface area contributed by atoms with Crippen molar-refractivity contribution in [3.8, 4) is 0 Å². The van der Waals surface area contributed by atoms with Gasteiger partial charge in [-0.3, -0.25) is 4.79 Å². The smallest absolute Gasteiger partial charge is 0.226 e. The molecule has 22 heavy (non-hydrogen) atoms. The van der Waals surface area contributed by atoms with Crippen molar-refractivity contribution in [1.82, 2.24) is 15.0 Å². The summed E-state index contributed by atoms with van der Waals surface area (Å²) in [6, 6.07) is 0. The summed E-state index contributed by atoms with van der Waals surface area (Å²) in [6.45, 7) is 8.57. The molecule has 1 aromatic rings. The molecule has 6 heteroatoms. The molecule has 0 aromatic carbocycles. The van der Waals surface area contributed by atoms with Crippen molar-refractivity contribution in [3.05, 3.63) is 11.7 Å². The number of hydrogen-bond donors (Lipinski definition) is 1. The van der Waals surface area contributed by atoms with Crippen molar-refractivity contribution >= 4 is 5.91 Å². The van der Waals surface area contributed by atoms with E-state index in [1.807, 2.05) is 4.90 Å². The van der Waals surface area contributed by atoms with E-state index in [4.69, 9.17) is 10.3 Å². The second-order valence-electron chi connectivity index (χ2n) is 7.18. The van der Waals surface area contributed by atoms with Crippen LogP contribution in [0.4, 0.5) is 0 Å². The van der Waals surface area contributed by atoms with Gasteiger partial charge in [0.25, 0.3) is 0 Å². The SMILES string of the molecule is CC(C)(C)c1noc(CCCC(=O)N2CCC(CN)CC2)n1. The van der Waals surface area contributed by atoms with Gasteiger partial charge in [0, 0.05) is 31.3 Å². The lowest BCUT2D eigenvalue weighted by molar-refractivity contribution is -0.132. The van der Waals surface area contributed by atoms with Crippen LogP contribution in [-0.4, -0.2) is 40.6 Å². The molecule has 124 valence electrons. The first-order valence-electron chi connectivity index (χ1n) is 8.21. The molecule has 1 amide bonds. The quantitative estimate of drug-likeness (QED) is 0.897. The van der Waals surface area contributed by atoms with Crippen LogP contribution in [0, 0.1) is 5.92 Å². The maximum atomic E-state index is 12.2. The highest BCUT2D eigenvalue weighted by Crippen LogP contribution is 2.20. The summed E-state index contributed by atoms with van der Waals surface area (Å²) < 4.78 is 5.25. The van der Waals surface area contributed by atoms with E-state index in [0.717, 1.165) is 44.7 Å². The van der Waals surface area contributed by atoms with Crippen molar-refractivity contribution in [2.24, 2.45) is 11.7 Å². The van der Waals surface area contributed by atoms with Crippen molar-refractivity contribution in [3.63, 3.8) is 0 Å². The van der Waals surface area contributed by atoms with Crippen LogP contribution in [0.5, 0.6) is 0 Å². The summed E-state index contributed by atoms with van der Waals surface area (Å²) >= 11 is 0. The number of carbonyl (C=O) groups excluding carboxylic acids is 1. The molecule has 1 saturated heterocycles. The topological polar surface area (TPSA) is 85.2 Å². The average molecular weight is 308 g/mol. The molecule has 0 unspecified atom stereocenters. The van der Waals surface area contributed by atoms with E-state index in [1.165, 1.54) is 0 Å². The third kappa shape index (κ3) is 4.53. The van der Waals surface area contributed by atoms with E-state index in [9.17, 15) is 4.79 Å². The largest absolute Gasteiger partial charge is 0.343 e. The molecule has 0 aliphatic carbocycles. The van der Waals surface area contributed by atoms with Crippen molar-refractivity contribution < 1.29 is 9.32 Å². The van der Waals surface area contributed by atoms with Crippen LogP contribution in [0.1, 0.15) is 58.2 Å². The fourth-order valence-electron chi connectivity index (χ4n) is 2.63. The van der Waals surface area contributed by atoms with E-state index in [-0.39, 0.29) is 11.3 Å². The molecule has 1 aliphatic heterocycles. The minimum absolute atomic E-state index is 0.106. The summed E-state index contributed by atoms with van der Waals surface area (Å²) in [5.41, 5.74) is 5.57. The first-order chi connectivity index (χ1) is 10.4. The number of rotatable bonds is 5. The first-order valence-corrected chi connectivity index (χ1v) is 8.21. The Balaban J connectivity index is 1.72. The van der Waals surface area contributed by atoms with Crippen LogP contribution in [0.3, 0.4) is 0 Å². The number of piperidine rings is 1. The highest BCUT2D eigenvalue weighted by Gasteiger charge is 2.23. The molecule has 0 spiro atoms. The van der Waals surface area contributed by atoms with Gasteiger partial charge in [-0.05, 0) is 31.7 Å². The number of carbonyl (C=O) groups is 1. The second-order valence-corrected chi connectivity index (χ2v) is 7.18. The van der Waals surface area contributed by atoms with Crippen LogP contribution in [-0.2, 0) is 16.6 Å². The standard InChI is InChI=1S/C16H28N4O2/c1-16(2,3)15-18-13(22-19-15)5-4-6-14(21)20-9-7-12(11-17)8-10-20/h12H,4-11,17H2,1-3H3. The molecular weight excluding hydrogens is 280 g/mol. The van der Waals surface area contributed by atoms with Crippen LogP contribution in [0.25, 0.3) is 0 Å². The number of nitrogens with zero attached hydrogens (tertiary/aromatic N) is 3. The average Bonchev–Trinajstić information content (AvgIpc) is 2.96. The molecule has 1 aliphatic rings. The molecule has 1 aromatic heterocycles. The Morgan fingerprint density at radius 3 is 2.59 bits per heavy atom. The molecule has 2 N–H and O–H groups in total. The minimum Gasteiger partial charge on any atom is -0.343 e. The summed E-state index contributed by atoms with van der Waals surface area (Å²) in [6.07, 6.45) is 4.01. The van der Waals surface area contributed by atoms with E-state index in [2.05, 4.69) is 30.9 Å². The maximum Gasteiger partial charge on any atom is 0.226 e. The van der Waals surface area contributed by atoms with Gasteiger partial charge in [0.2, 0.25) is 11.8 Å². The van der Waals surface area contributed by atoms with E-state index in [0.29, 0.717) is 24.7 Å². The zero-order valence-corrected chi connectivity index (χ0v) is 14.0. The van der Waals surface area contributed by atoms with Gasteiger partial charge in [-0.2, -0.15) is 4.98 Å². The van der Waals surface area contributed by atoms with Gasteiger partial charge >= 0.3 is 0 Å². The molecule has 0 bridgehead atoms. The number of aromatic nitrogens is 2. The van der Waals surface area contributed by atoms with Gasteiger partial charge < -0.3 is 15.2 Å². The first kappa shape index (κ1) is 16.9. The molecule has 0 saturated carbocycles. The Hall–Kier alpha value is -1.43. The highest BCUT2D eigenvalue weighted by atomic mass is 16.5. The summed E-state index contributed by atoms with van der Waals surface area (Å²) in [5.74, 6) is 2.15.